The smallest absolute Gasteiger partial charge is 0.292 e. The summed E-state index contributed by atoms with van der Waals surface area (Å²) in [7, 11) is 0. The van der Waals surface area contributed by atoms with Gasteiger partial charge in [0.25, 0.3) is 5.91 Å². The van der Waals surface area contributed by atoms with Crippen LogP contribution in [0.3, 0.4) is 0 Å². The van der Waals surface area contributed by atoms with Crippen LogP contribution in [0.5, 0.6) is 0 Å². The predicted octanol–water partition coefficient (Wildman–Crippen LogP) is 2.78. The van der Waals surface area contributed by atoms with Gasteiger partial charge in [-0.15, -0.1) is 0 Å². The zero-order chi connectivity index (χ0) is 15.7. The van der Waals surface area contributed by atoms with E-state index in [0.29, 0.717) is 18.2 Å². The fraction of sp³-hybridized carbons (Fsp3) is 0.562. The number of aryl methyl sites for hydroxylation is 1. The summed E-state index contributed by atoms with van der Waals surface area (Å²) in [5.74, 6) is 1.71. The van der Waals surface area contributed by atoms with Crippen LogP contribution < -0.4 is 0 Å². The molecule has 0 radical (unpaired) electrons. The Balaban J connectivity index is 1.77. The number of nitrogens with zero attached hydrogens (tertiary/aromatic N) is 4. The van der Waals surface area contributed by atoms with Crippen molar-refractivity contribution in [2.75, 3.05) is 13.1 Å². The minimum Gasteiger partial charge on any atom is -0.351 e. The number of piperidine rings is 1. The second kappa shape index (κ2) is 5.94. The average Bonchev–Trinajstić information content (AvgIpc) is 3.15. The van der Waals surface area contributed by atoms with Crippen molar-refractivity contribution in [3.8, 4) is 0 Å². The van der Waals surface area contributed by atoms with Gasteiger partial charge in [0.2, 0.25) is 5.76 Å². The minimum absolute atomic E-state index is 0.0727. The Morgan fingerprint density at radius 1 is 1.45 bits per heavy atom. The number of likely N-dealkylation sites (tertiary alicyclic amines) is 1. The SMILES string of the molecule is Cc1cc(C(=O)N2CCC[C@H](n3ccnc3C(C)C)C2)on1. The Bertz CT molecular complexity index is 659. The fourth-order valence-electron chi connectivity index (χ4n) is 3.07. The van der Waals surface area contributed by atoms with E-state index in [2.05, 4.69) is 28.6 Å². The molecule has 2 aromatic rings. The Kier molecular flexibility index (Phi) is 4.00. The Morgan fingerprint density at radius 3 is 2.95 bits per heavy atom. The quantitative estimate of drug-likeness (QED) is 0.874. The molecule has 0 aliphatic carbocycles. The van der Waals surface area contributed by atoms with Gasteiger partial charge in [0.15, 0.2) is 0 Å². The van der Waals surface area contributed by atoms with E-state index in [1.807, 2.05) is 24.2 Å². The van der Waals surface area contributed by atoms with Crippen LogP contribution in [0.2, 0.25) is 0 Å². The first-order valence-corrected chi connectivity index (χ1v) is 7.81. The maximum absolute atomic E-state index is 12.5. The van der Waals surface area contributed by atoms with Gasteiger partial charge in [0.1, 0.15) is 5.82 Å². The molecule has 6 heteroatoms. The third-order valence-corrected chi connectivity index (χ3v) is 4.13. The van der Waals surface area contributed by atoms with Crippen LogP contribution in [-0.4, -0.2) is 38.6 Å². The average molecular weight is 302 g/mol. The molecule has 3 heterocycles. The van der Waals surface area contributed by atoms with Gasteiger partial charge in [-0.25, -0.2) is 4.98 Å². The highest BCUT2D eigenvalue weighted by Gasteiger charge is 2.28. The Hall–Kier alpha value is -2.11. The number of rotatable bonds is 3. The van der Waals surface area contributed by atoms with Crippen molar-refractivity contribution >= 4 is 5.91 Å². The number of aromatic nitrogens is 3. The lowest BCUT2D eigenvalue weighted by Gasteiger charge is -2.33. The summed E-state index contributed by atoms with van der Waals surface area (Å²) in [5, 5.41) is 3.80. The second-order valence-electron chi connectivity index (χ2n) is 6.23. The lowest BCUT2D eigenvalue weighted by Crippen LogP contribution is -2.40. The van der Waals surface area contributed by atoms with Crippen LogP contribution in [0.1, 0.15) is 60.7 Å². The largest absolute Gasteiger partial charge is 0.351 e. The number of carbonyl (C=O) groups excluding carboxylic acids is 1. The molecule has 2 aromatic heterocycles. The summed E-state index contributed by atoms with van der Waals surface area (Å²) in [6.45, 7) is 7.55. The highest BCUT2D eigenvalue weighted by Crippen LogP contribution is 2.26. The summed E-state index contributed by atoms with van der Waals surface area (Å²) in [5.41, 5.74) is 0.730. The molecule has 0 saturated carbocycles. The molecule has 0 unspecified atom stereocenters. The monoisotopic (exact) mass is 302 g/mol. The molecule has 1 aliphatic heterocycles. The van der Waals surface area contributed by atoms with Crippen molar-refractivity contribution in [1.82, 2.24) is 19.6 Å². The van der Waals surface area contributed by atoms with E-state index >= 15 is 0 Å². The second-order valence-corrected chi connectivity index (χ2v) is 6.23. The molecule has 22 heavy (non-hydrogen) atoms. The topological polar surface area (TPSA) is 64.2 Å². The van der Waals surface area contributed by atoms with Gasteiger partial charge in [-0.2, -0.15) is 0 Å². The number of imidazole rings is 1. The number of hydrogen-bond donors (Lipinski definition) is 0. The van der Waals surface area contributed by atoms with E-state index in [1.165, 1.54) is 0 Å². The number of hydrogen-bond acceptors (Lipinski definition) is 4. The molecule has 1 amide bonds. The summed E-state index contributed by atoms with van der Waals surface area (Å²) < 4.78 is 7.32. The maximum Gasteiger partial charge on any atom is 0.292 e. The summed E-state index contributed by atoms with van der Waals surface area (Å²) in [6.07, 6.45) is 5.91. The molecule has 1 atom stereocenters. The molecule has 6 nitrogen and oxygen atoms in total. The van der Waals surface area contributed by atoms with Crippen LogP contribution in [0.25, 0.3) is 0 Å². The van der Waals surface area contributed by atoms with Crippen LogP contribution in [0, 0.1) is 6.92 Å². The standard InChI is InChI=1S/C16H22N4O2/c1-11(2)15-17-6-8-20(15)13-5-4-7-19(10-13)16(21)14-9-12(3)18-22-14/h6,8-9,11,13H,4-5,7,10H2,1-3H3/t13-/m0/s1. The maximum atomic E-state index is 12.5. The Labute approximate surface area is 130 Å². The lowest BCUT2D eigenvalue weighted by atomic mass is 10.0. The fourth-order valence-corrected chi connectivity index (χ4v) is 3.07. The first-order chi connectivity index (χ1) is 10.6. The van der Waals surface area contributed by atoms with Gasteiger partial charge in [-0.3, -0.25) is 4.79 Å². The molecule has 0 aromatic carbocycles. The van der Waals surface area contributed by atoms with Crippen LogP contribution in [0.15, 0.2) is 23.0 Å². The molecule has 1 aliphatic rings. The first kappa shape index (κ1) is 14.8. The number of amides is 1. The van der Waals surface area contributed by atoms with Crippen LogP contribution in [0.4, 0.5) is 0 Å². The molecule has 0 bridgehead atoms. The van der Waals surface area contributed by atoms with E-state index in [9.17, 15) is 4.79 Å². The normalized spacial score (nSPS) is 18.9. The molecule has 0 spiro atoms. The van der Waals surface area contributed by atoms with Gasteiger partial charge in [0, 0.05) is 37.5 Å². The van der Waals surface area contributed by atoms with E-state index in [-0.39, 0.29) is 11.9 Å². The first-order valence-electron chi connectivity index (χ1n) is 7.81. The minimum atomic E-state index is -0.0727. The Morgan fingerprint density at radius 2 is 2.27 bits per heavy atom. The lowest BCUT2D eigenvalue weighted by molar-refractivity contribution is 0.0636. The van der Waals surface area contributed by atoms with Gasteiger partial charge in [-0.1, -0.05) is 19.0 Å². The molecule has 1 saturated heterocycles. The van der Waals surface area contributed by atoms with Gasteiger partial charge in [-0.05, 0) is 19.8 Å². The molecule has 1 fully saturated rings. The molecular weight excluding hydrogens is 280 g/mol. The summed E-state index contributed by atoms with van der Waals surface area (Å²) in [4.78, 5) is 18.8. The molecule has 118 valence electrons. The van der Waals surface area contributed by atoms with Crippen molar-refractivity contribution in [3.63, 3.8) is 0 Å². The van der Waals surface area contributed by atoms with Crippen molar-refractivity contribution in [2.24, 2.45) is 0 Å². The number of carbonyl (C=O) groups is 1. The van der Waals surface area contributed by atoms with Gasteiger partial charge >= 0.3 is 0 Å². The summed E-state index contributed by atoms with van der Waals surface area (Å²) >= 11 is 0. The predicted molar refractivity (Wildman–Crippen MR) is 81.7 cm³/mol. The van der Waals surface area contributed by atoms with Crippen molar-refractivity contribution in [3.05, 3.63) is 35.7 Å². The summed E-state index contributed by atoms with van der Waals surface area (Å²) in [6, 6.07) is 1.98. The van der Waals surface area contributed by atoms with Crippen molar-refractivity contribution in [2.45, 2.75) is 45.6 Å². The highest BCUT2D eigenvalue weighted by atomic mass is 16.5. The van der Waals surface area contributed by atoms with Gasteiger partial charge in [0.05, 0.1) is 11.7 Å². The highest BCUT2D eigenvalue weighted by molar-refractivity contribution is 5.91. The molecular formula is C16H22N4O2. The van der Waals surface area contributed by atoms with E-state index < -0.39 is 0 Å². The van der Waals surface area contributed by atoms with Crippen molar-refractivity contribution in [1.29, 1.82) is 0 Å². The third-order valence-electron chi connectivity index (χ3n) is 4.13. The van der Waals surface area contributed by atoms with E-state index in [0.717, 1.165) is 30.9 Å². The zero-order valence-electron chi connectivity index (χ0n) is 13.3. The van der Waals surface area contributed by atoms with Crippen LogP contribution >= 0.6 is 0 Å². The van der Waals surface area contributed by atoms with E-state index in [1.54, 1.807) is 6.07 Å². The van der Waals surface area contributed by atoms with E-state index in [4.69, 9.17) is 4.52 Å². The van der Waals surface area contributed by atoms with Crippen LogP contribution in [-0.2, 0) is 0 Å². The zero-order valence-corrected chi connectivity index (χ0v) is 13.3. The third kappa shape index (κ3) is 2.77. The molecule has 3 rings (SSSR count). The van der Waals surface area contributed by atoms with Crippen molar-refractivity contribution < 1.29 is 9.32 Å². The molecule has 0 N–H and O–H groups in total. The van der Waals surface area contributed by atoms with Gasteiger partial charge < -0.3 is 14.0 Å².